The summed E-state index contributed by atoms with van der Waals surface area (Å²) in [5, 5.41) is 2.83. The molecule has 0 aromatic heterocycles. The molecule has 4 atom stereocenters. The Labute approximate surface area is 239 Å². The number of nitrogens with zero attached hydrogens (tertiary/aromatic N) is 2. The third-order valence-corrected chi connectivity index (χ3v) is 6.37. The first-order valence-electron chi connectivity index (χ1n) is 13.8. The number of hydrogen-bond acceptors (Lipinski definition) is 7. The van der Waals surface area contributed by atoms with Gasteiger partial charge < -0.3 is 24.4 Å². The SMILES string of the molecule is COC(=O)[C@H](C(C)C)N(C)C(=O)[C@@H](NC(=O)[C@H](CC(C)C)N(C)C(=O)OC(C)(C)C)[C@@H](C)OCc1ccccc1. The summed E-state index contributed by atoms with van der Waals surface area (Å²) in [7, 11) is 4.28. The molecule has 0 unspecified atom stereocenters. The fourth-order valence-corrected chi connectivity index (χ4v) is 4.23. The smallest absolute Gasteiger partial charge is 0.410 e. The molecule has 1 N–H and O–H groups in total. The maximum Gasteiger partial charge on any atom is 0.410 e. The van der Waals surface area contributed by atoms with Crippen LogP contribution in [0.1, 0.15) is 67.4 Å². The minimum absolute atomic E-state index is 0.0638. The lowest BCUT2D eigenvalue weighted by Crippen LogP contribution is -2.60. The van der Waals surface area contributed by atoms with Crippen molar-refractivity contribution in [3.8, 4) is 0 Å². The van der Waals surface area contributed by atoms with E-state index in [2.05, 4.69) is 5.32 Å². The number of likely N-dealkylation sites (N-methyl/N-ethyl adjacent to an activating group) is 2. The third-order valence-electron chi connectivity index (χ3n) is 6.37. The van der Waals surface area contributed by atoms with Gasteiger partial charge in [-0.3, -0.25) is 14.5 Å². The molecule has 0 saturated carbocycles. The van der Waals surface area contributed by atoms with Crippen LogP contribution >= 0.6 is 0 Å². The van der Waals surface area contributed by atoms with E-state index in [-0.39, 0.29) is 18.4 Å². The fraction of sp³-hybridized carbons (Fsp3) is 0.667. The summed E-state index contributed by atoms with van der Waals surface area (Å²) in [5.74, 6) is -1.78. The number of ether oxygens (including phenoxy) is 3. The molecule has 1 rings (SSSR count). The summed E-state index contributed by atoms with van der Waals surface area (Å²) in [6, 6.07) is 6.54. The van der Waals surface area contributed by atoms with Crippen molar-refractivity contribution in [2.24, 2.45) is 11.8 Å². The Morgan fingerprint density at radius 3 is 1.98 bits per heavy atom. The van der Waals surface area contributed by atoms with E-state index in [1.54, 1.807) is 27.7 Å². The number of carbonyl (C=O) groups is 4. The van der Waals surface area contributed by atoms with Crippen molar-refractivity contribution in [2.45, 2.75) is 98.2 Å². The maximum absolute atomic E-state index is 13.9. The Kier molecular flexibility index (Phi) is 13.6. The highest BCUT2D eigenvalue weighted by Crippen LogP contribution is 2.18. The monoisotopic (exact) mass is 563 g/mol. The van der Waals surface area contributed by atoms with E-state index in [4.69, 9.17) is 14.2 Å². The van der Waals surface area contributed by atoms with Crippen molar-refractivity contribution in [3.05, 3.63) is 35.9 Å². The topological polar surface area (TPSA) is 114 Å². The molecule has 1 aromatic carbocycles. The number of carbonyl (C=O) groups excluding carboxylic acids is 4. The molecule has 10 heteroatoms. The van der Waals surface area contributed by atoms with Crippen LogP contribution in [0.2, 0.25) is 0 Å². The molecule has 0 fully saturated rings. The van der Waals surface area contributed by atoms with Crippen molar-refractivity contribution in [1.82, 2.24) is 15.1 Å². The second-order valence-electron chi connectivity index (χ2n) is 11.9. The van der Waals surface area contributed by atoms with Gasteiger partial charge in [-0.25, -0.2) is 9.59 Å². The number of nitrogens with one attached hydrogen (secondary N) is 1. The van der Waals surface area contributed by atoms with Crippen molar-refractivity contribution in [1.29, 1.82) is 0 Å². The molecule has 10 nitrogen and oxygen atoms in total. The Balaban J connectivity index is 3.35. The molecule has 0 bridgehead atoms. The first-order chi connectivity index (χ1) is 18.5. The molecule has 1 aromatic rings. The van der Waals surface area contributed by atoms with Crippen LogP contribution in [0, 0.1) is 11.8 Å². The van der Waals surface area contributed by atoms with Crippen LogP contribution < -0.4 is 5.32 Å². The Bertz CT molecular complexity index is 975. The van der Waals surface area contributed by atoms with Gasteiger partial charge in [0.05, 0.1) is 19.8 Å². The van der Waals surface area contributed by atoms with E-state index in [1.165, 1.54) is 31.0 Å². The lowest BCUT2D eigenvalue weighted by molar-refractivity contribution is -0.156. The molecule has 0 aliphatic carbocycles. The van der Waals surface area contributed by atoms with Gasteiger partial charge in [-0.2, -0.15) is 0 Å². The maximum atomic E-state index is 13.9. The van der Waals surface area contributed by atoms with Crippen LogP contribution in [0.3, 0.4) is 0 Å². The fourth-order valence-electron chi connectivity index (χ4n) is 4.23. The van der Waals surface area contributed by atoms with Crippen LogP contribution in [0.5, 0.6) is 0 Å². The molecule has 0 aliphatic heterocycles. The molecule has 40 heavy (non-hydrogen) atoms. The van der Waals surface area contributed by atoms with Crippen LogP contribution in [-0.2, 0) is 35.2 Å². The predicted octanol–water partition coefficient (Wildman–Crippen LogP) is 4.01. The van der Waals surface area contributed by atoms with Gasteiger partial charge in [0.25, 0.3) is 0 Å². The standard InChI is InChI=1S/C30H49N3O7/c1-19(2)17-23(32(9)29(37)40-30(6,7)8)26(34)31-24(21(5)39-18-22-15-13-12-14-16-22)27(35)33(10)25(20(3)4)28(36)38-11/h12-16,19-21,23-25H,17-18H2,1-11H3,(H,31,34)/t21-,23+,24+,25+/m1/s1. The summed E-state index contributed by atoms with van der Waals surface area (Å²) in [5.41, 5.74) is 0.155. The highest BCUT2D eigenvalue weighted by Gasteiger charge is 2.39. The number of esters is 1. The second-order valence-corrected chi connectivity index (χ2v) is 11.9. The lowest BCUT2D eigenvalue weighted by atomic mass is 9.99. The summed E-state index contributed by atoms with van der Waals surface area (Å²) >= 11 is 0. The minimum Gasteiger partial charge on any atom is -0.467 e. The second kappa shape index (κ2) is 15.6. The van der Waals surface area contributed by atoms with E-state index in [9.17, 15) is 19.2 Å². The predicted molar refractivity (Wildman–Crippen MR) is 153 cm³/mol. The zero-order valence-corrected chi connectivity index (χ0v) is 26.0. The summed E-state index contributed by atoms with van der Waals surface area (Å²) < 4.78 is 16.5. The Hall–Kier alpha value is -3.14. The summed E-state index contributed by atoms with van der Waals surface area (Å²) in [4.78, 5) is 55.5. The zero-order valence-electron chi connectivity index (χ0n) is 26.0. The number of benzene rings is 1. The van der Waals surface area contributed by atoms with Crippen LogP contribution in [0.15, 0.2) is 30.3 Å². The highest BCUT2D eigenvalue weighted by atomic mass is 16.6. The number of amides is 3. The summed E-state index contributed by atoms with van der Waals surface area (Å²) in [6.07, 6.45) is -1.07. The van der Waals surface area contributed by atoms with Crippen molar-refractivity contribution in [2.75, 3.05) is 21.2 Å². The third kappa shape index (κ3) is 10.8. The van der Waals surface area contributed by atoms with Crippen LogP contribution in [-0.4, -0.2) is 84.7 Å². The number of hydrogen-bond donors (Lipinski definition) is 1. The van der Waals surface area contributed by atoms with Crippen LogP contribution in [0.25, 0.3) is 0 Å². The number of methoxy groups -OCH3 is 1. The first-order valence-corrected chi connectivity index (χ1v) is 13.8. The van der Waals surface area contributed by atoms with Gasteiger partial charge in [0.1, 0.15) is 23.7 Å². The molecule has 0 radical (unpaired) electrons. The minimum atomic E-state index is -1.14. The van der Waals surface area contributed by atoms with Crippen LogP contribution in [0.4, 0.5) is 4.79 Å². The molecule has 0 saturated heterocycles. The highest BCUT2D eigenvalue weighted by molar-refractivity contribution is 5.93. The van der Waals surface area contributed by atoms with Gasteiger partial charge in [0.15, 0.2) is 0 Å². The summed E-state index contributed by atoms with van der Waals surface area (Å²) in [6.45, 7) is 14.6. The van der Waals surface area contributed by atoms with Crippen molar-refractivity contribution < 1.29 is 33.4 Å². The molecule has 0 aliphatic rings. The zero-order chi connectivity index (χ0) is 30.8. The molecule has 226 valence electrons. The number of rotatable bonds is 13. The van der Waals surface area contributed by atoms with Gasteiger partial charge in [0.2, 0.25) is 11.8 Å². The average Bonchev–Trinajstić information content (AvgIpc) is 2.87. The van der Waals surface area contributed by atoms with E-state index in [0.29, 0.717) is 6.42 Å². The van der Waals surface area contributed by atoms with E-state index < -0.39 is 53.7 Å². The van der Waals surface area contributed by atoms with Crippen molar-refractivity contribution in [3.63, 3.8) is 0 Å². The van der Waals surface area contributed by atoms with Gasteiger partial charge in [0, 0.05) is 14.1 Å². The Morgan fingerprint density at radius 2 is 1.50 bits per heavy atom. The first kappa shape index (κ1) is 34.9. The Morgan fingerprint density at radius 1 is 0.925 bits per heavy atom. The normalized spacial score (nSPS) is 14.6. The van der Waals surface area contributed by atoms with Gasteiger partial charge in [-0.05, 0) is 51.5 Å². The van der Waals surface area contributed by atoms with Gasteiger partial charge in [-0.1, -0.05) is 58.0 Å². The molecule has 0 spiro atoms. The molecular formula is C30H49N3O7. The van der Waals surface area contributed by atoms with E-state index >= 15 is 0 Å². The van der Waals surface area contributed by atoms with E-state index in [1.807, 2.05) is 58.0 Å². The quantitative estimate of drug-likeness (QED) is 0.361. The van der Waals surface area contributed by atoms with Gasteiger partial charge >= 0.3 is 12.1 Å². The lowest BCUT2D eigenvalue weighted by Gasteiger charge is -2.36. The van der Waals surface area contributed by atoms with Crippen molar-refractivity contribution >= 4 is 23.9 Å². The van der Waals surface area contributed by atoms with E-state index in [0.717, 1.165) is 5.56 Å². The van der Waals surface area contributed by atoms with Gasteiger partial charge in [-0.15, -0.1) is 0 Å². The largest absolute Gasteiger partial charge is 0.467 e. The molecular weight excluding hydrogens is 514 g/mol. The molecule has 3 amide bonds. The molecule has 0 heterocycles. The average molecular weight is 564 g/mol.